The van der Waals surface area contributed by atoms with E-state index in [9.17, 15) is 4.79 Å². The maximum atomic E-state index is 13.5. The first kappa shape index (κ1) is 21.6. The molecule has 0 N–H and O–H groups in total. The lowest BCUT2D eigenvalue weighted by atomic mass is 10.2. The van der Waals surface area contributed by atoms with E-state index >= 15 is 0 Å². The molecule has 0 saturated carbocycles. The summed E-state index contributed by atoms with van der Waals surface area (Å²) in [6.07, 6.45) is 2.03. The number of fused-ring (bicyclic) bond motifs is 1. The fourth-order valence-electron chi connectivity index (χ4n) is 3.44. The van der Waals surface area contributed by atoms with Crippen molar-refractivity contribution in [3.63, 3.8) is 0 Å². The second-order valence-electron chi connectivity index (χ2n) is 7.15. The minimum absolute atomic E-state index is 0.0290. The summed E-state index contributed by atoms with van der Waals surface area (Å²) in [5.41, 5.74) is 2.48. The molecule has 1 aliphatic rings. The molecule has 30 heavy (non-hydrogen) atoms. The van der Waals surface area contributed by atoms with Crippen LogP contribution in [-0.4, -0.2) is 61.4 Å². The number of morpholine rings is 1. The summed E-state index contributed by atoms with van der Waals surface area (Å²) < 4.78 is 6.48. The molecule has 1 aliphatic heterocycles. The Kier molecular flexibility index (Phi) is 6.95. The van der Waals surface area contributed by atoms with Crippen LogP contribution in [0.5, 0.6) is 0 Å². The number of benzene rings is 2. The van der Waals surface area contributed by atoms with Gasteiger partial charge in [-0.2, -0.15) is 0 Å². The number of halogens is 1. The van der Waals surface area contributed by atoms with Gasteiger partial charge >= 0.3 is 0 Å². The second-order valence-corrected chi connectivity index (χ2v) is 9.45. The Bertz CT molecular complexity index is 1030. The smallest absolute Gasteiger partial charge is 0.260 e. The van der Waals surface area contributed by atoms with Crippen LogP contribution < -0.4 is 4.90 Å². The molecule has 0 radical (unpaired) electrons. The van der Waals surface area contributed by atoms with Gasteiger partial charge in [-0.05, 0) is 55.1 Å². The minimum atomic E-state index is -0.0290. The highest BCUT2D eigenvalue weighted by atomic mass is 35.5. The van der Waals surface area contributed by atoms with Gasteiger partial charge in [0.2, 0.25) is 0 Å². The first-order valence-electron chi connectivity index (χ1n) is 9.88. The van der Waals surface area contributed by atoms with Gasteiger partial charge in [0.25, 0.3) is 5.91 Å². The van der Waals surface area contributed by atoms with Crippen LogP contribution in [0.15, 0.2) is 41.3 Å². The Labute approximate surface area is 190 Å². The van der Waals surface area contributed by atoms with Crippen molar-refractivity contribution in [3.8, 4) is 0 Å². The predicted molar refractivity (Wildman–Crippen MR) is 127 cm³/mol. The molecule has 0 bridgehead atoms. The number of nitrogens with zero attached hydrogens (tertiary/aromatic N) is 3. The molecule has 4 rings (SSSR count). The van der Waals surface area contributed by atoms with E-state index in [1.165, 1.54) is 11.3 Å². The highest BCUT2D eigenvalue weighted by molar-refractivity contribution is 7.98. The zero-order chi connectivity index (χ0) is 21.1. The van der Waals surface area contributed by atoms with E-state index in [0.717, 1.165) is 53.5 Å². The molecule has 1 fully saturated rings. The third kappa shape index (κ3) is 4.65. The van der Waals surface area contributed by atoms with Crippen molar-refractivity contribution in [1.29, 1.82) is 0 Å². The molecule has 2 heterocycles. The lowest BCUT2D eigenvalue weighted by molar-refractivity contribution is 0.0391. The molecule has 0 atom stereocenters. The van der Waals surface area contributed by atoms with Crippen molar-refractivity contribution >= 4 is 56.0 Å². The Morgan fingerprint density at radius 1 is 1.23 bits per heavy atom. The number of aromatic nitrogens is 1. The van der Waals surface area contributed by atoms with Gasteiger partial charge in [-0.25, -0.2) is 4.98 Å². The quantitative estimate of drug-likeness (QED) is 0.485. The summed E-state index contributed by atoms with van der Waals surface area (Å²) in [4.78, 5) is 23.5. The number of thioether (sulfide) groups is 1. The molecule has 5 nitrogen and oxygen atoms in total. The average Bonchev–Trinajstić information content (AvgIpc) is 3.22. The zero-order valence-corrected chi connectivity index (χ0v) is 19.4. The van der Waals surface area contributed by atoms with Gasteiger partial charge in [-0.1, -0.05) is 22.9 Å². The van der Waals surface area contributed by atoms with Gasteiger partial charge in [0.15, 0.2) is 5.13 Å². The van der Waals surface area contributed by atoms with Crippen molar-refractivity contribution < 1.29 is 9.53 Å². The standard InChI is InChI=1S/C22H24ClN3O2S2/c1-15-18(23)7-8-19-20(15)24-22(30-19)26(10-9-25-11-13-28-14-12-25)21(27)16-3-5-17(29-2)6-4-16/h3-8H,9-14H2,1-2H3. The number of ether oxygens (including phenoxy) is 1. The number of hydrogen-bond donors (Lipinski definition) is 0. The Morgan fingerprint density at radius 3 is 2.67 bits per heavy atom. The number of anilines is 1. The topological polar surface area (TPSA) is 45.7 Å². The summed E-state index contributed by atoms with van der Waals surface area (Å²) in [5, 5.41) is 1.40. The number of rotatable bonds is 6. The number of thiazole rings is 1. The van der Waals surface area contributed by atoms with E-state index in [1.54, 1.807) is 11.8 Å². The van der Waals surface area contributed by atoms with E-state index in [-0.39, 0.29) is 5.91 Å². The lowest BCUT2D eigenvalue weighted by Crippen LogP contribution is -2.43. The number of carbonyl (C=O) groups excluding carboxylic acids is 1. The fourth-order valence-corrected chi connectivity index (χ4v) is 5.05. The molecule has 3 aromatic rings. The summed E-state index contributed by atoms with van der Waals surface area (Å²) in [6.45, 7) is 6.59. The molecule has 1 aromatic heterocycles. The molecular formula is C22H24ClN3O2S2. The van der Waals surface area contributed by atoms with Gasteiger partial charge in [0.05, 0.1) is 23.4 Å². The largest absolute Gasteiger partial charge is 0.379 e. The molecule has 0 spiro atoms. The summed E-state index contributed by atoms with van der Waals surface area (Å²) in [7, 11) is 0. The van der Waals surface area contributed by atoms with Crippen molar-refractivity contribution in [2.75, 3.05) is 50.5 Å². The Hall–Kier alpha value is -1.64. The molecule has 0 unspecified atom stereocenters. The third-order valence-corrected chi connectivity index (χ3v) is 7.49. The molecule has 158 valence electrons. The van der Waals surface area contributed by atoms with E-state index in [2.05, 4.69) is 4.90 Å². The predicted octanol–water partition coefficient (Wildman–Crippen LogP) is 4.96. The number of hydrogen-bond acceptors (Lipinski definition) is 6. The Morgan fingerprint density at radius 2 is 1.97 bits per heavy atom. The van der Waals surface area contributed by atoms with Crippen LogP contribution in [-0.2, 0) is 4.74 Å². The molecule has 1 saturated heterocycles. The van der Waals surface area contributed by atoms with Crippen LogP contribution in [0.1, 0.15) is 15.9 Å². The van der Waals surface area contributed by atoms with Gasteiger partial charge in [-0.3, -0.25) is 14.6 Å². The van der Waals surface area contributed by atoms with Crippen LogP contribution in [0.4, 0.5) is 5.13 Å². The second kappa shape index (κ2) is 9.66. The van der Waals surface area contributed by atoms with Crippen molar-refractivity contribution in [2.24, 2.45) is 0 Å². The first-order chi connectivity index (χ1) is 14.6. The highest BCUT2D eigenvalue weighted by Gasteiger charge is 2.23. The molecule has 1 amide bonds. The molecule has 8 heteroatoms. The van der Waals surface area contributed by atoms with E-state index < -0.39 is 0 Å². The summed E-state index contributed by atoms with van der Waals surface area (Å²) >= 11 is 9.49. The molecular weight excluding hydrogens is 438 g/mol. The molecule has 0 aliphatic carbocycles. The van der Waals surface area contributed by atoms with Gasteiger partial charge in [-0.15, -0.1) is 11.8 Å². The van der Waals surface area contributed by atoms with Gasteiger partial charge < -0.3 is 4.74 Å². The lowest BCUT2D eigenvalue weighted by Gasteiger charge is -2.29. The van der Waals surface area contributed by atoms with Crippen LogP contribution in [0.3, 0.4) is 0 Å². The fraction of sp³-hybridized carbons (Fsp3) is 0.364. The maximum absolute atomic E-state index is 13.5. The minimum Gasteiger partial charge on any atom is -0.379 e. The normalized spacial score (nSPS) is 14.9. The summed E-state index contributed by atoms with van der Waals surface area (Å²) in [5.74, 6) is -0.0290. The van der Waals surface area contributed by atoms with Crippen molar-refractivity contribution in [3.05, 3.63) is 52.5 Å². The average molecular weight is 462 g/mol. The van der Waals surface area contributed by atoms with Crippen molar-refractivity contribution in [2.45, 2.75) is 11.8 Å². The van der Waals surface area contributed by atoms with Gasteiger partial charge in [0, 0.05) is 41.7 Å². The van der Waals surface area contributed by atoms with Crippen LogP contribution in [0.2, 0.25) is 5.02 Å². The maximum Gasteiger partial charge on any atom is 0.260 e. The first-order valence-corrected chi connectivity index (χ1v) is 12.3. The van der Waals surface area contributed by atoms with Crippen molar-refractivity contribution in [1.82, 2.24) is 9.88 Å². The number of aryl methyl sites for hydroxylation is 1. The van der Waals surface area contributed by atoms with E-state index in [0.29, 0.717) is 22.3 Å². The van der Waals surface area contributed by atoms with Crippen LogP contribution in [0, 0.1) is 6.92 Å². The monoisotopic (exact) mass is 461 g/mol. The zero-order valence-electron chi connectivity index (χ0n) is 17.1. The number of amides is 1. The van der Waals surface area contributed by atoms with Crippen LogP contribution >= 0.6 is 34.7 Å². The Balaban J connectivity index is 1.65. The highest BCUT2D eigenvalue weighted by Crippen LogP contribution is 2.34. The van der Waals surface area contributed by atoms with E-state index in [1.807, 2.05) is 54.5 Å². The van der Waals surface area contributed by atoms with Gasteiger partial charge in [0.1, 0.15) is 0 Å². The van der Waals surface area contributed by atoms with Crippen LogP contribution in [0.25, 0.3) is 10.2 Å². The number of carbonyl (C=O) groups is 1. The van der Waals surface area contributed by atoms with E-state index in [4.69, 9.17) is 21.3 Å². The molecule has 2 aromatic carbocycles. The summed E-state index contributed by atoms with van der Waals surface area (Å²) in [6, 6.07) is 11.6. The SMILES string of the molecule is CSc1ccc(C(=O)N(CCN2CCOCC2)c2nc3c(C)c(Cl)ccc3s2)cc1. The third-order valence-electron chi connectivity index (χ3n) is 5.29.